The summed E-state index contributed by atoms with van der Waals surface area (Å²) in [6, 6.07) is 14.4. The molecule has 3 heterocycles. The Labute approximate surface area is 227 Å². The van der Waals surface area contributed by atoms with Crippen LogP contribution in [0.5, 0.6) is 0 Å². The highest BCUT2D eigenvalue weighted by Gasteiger charge is 2.29. The van der Waals surface area contributed by atoms with E-state index in [1.165, 1.54) is 5.56 Å². The lowest BCUT2D eigenvalue weighted by Gasteiger charge is -2.26. The number of H-pyrrole nitrogens is 1. The standard InChI is InChI=1S/C28H35N7O4/c1-28(2,3)39-27(37)33-23(19-7-5-4-6-8-19)26(36)32-22-16-29-34-24(22)25-30-20-10-9-18(15-21(20)31-25)17-35-11-13-38-14-12-35/h4-10,15-16,23,25,30-31H,11-14,17H2,1-3H3,(H,29,34)(H,32,36)(H,33,37). The minimum Gasteiger partial charge on any atom is -0.444 e. The number of benzene rings is 2. The van der Waals surface area contributed by atoms with Gasteiger partial charge in [0.1, 0.15) is 23.5 Å². The van der Waals surface area contributed by atoms with Crippen molar-refractivity contribution in [2.75, 3.05) is 42.3 Å². The Morgan fingerprint density at radius 3 is 2.59 bits per heavy atom. The van der Waals surface area contributed by atoms with Gasteiger partial charge in [0.05, 0.1) is 36.5 Å². The summed E-state index contributed by atoms with van der Waals surface area (Å²) in [5, 5.41) is 19.7. The highest BCUT2D eigenvalue weighted by molar-refractivity contribution is 5.98. The zero-order chi connectivity index (χ0) is 27.4. The van der Waals surface area contributed by atoms with Crippen LogP contribution in [0.25, 0.3) is 0 Å². The molecule has 11 heteroatoms. The average molecular weight is 534 g/mol. The van der Waals surface area contributed by atoms with Crippen molar-refractivity contribution in [3.63, 3.8) is 0 Å². The fourth-order valence-corrected chi connectivity index (χ4v) is 4.64. The first kappa shape index (κ1) is 26.5. The predicted molar refractivity (Wildman–Crippen MR) is 148 cm³/mol. The van der Waals surface area contributed by atoms with Gasteiger partial charge < -0.3 is 30.7 Å². The Morgan fingerprint density at radius 1 is 1.10 bits per heavy atom. The van der Waals surface area contributed by atoms with Gasteiger partial charge in [-0.2, -0.15) is 5.10 Å². The minimum atomic E-state index is -0.965. The van der Waals surface area contributed by atoms with E-state index < -0.39 is 23.6 Å². The molecule has 1 aromatic heterocycles. The number of rotatable bonds is 7. The first-order valence-electron chi connectivity index (χ1n) is 13.1. The summed E-state index contributed by atoms with van der Waals surface area (Å²) in [6.07, 6.45) is 0.547. The van der Waals surface area contributed by atoms with Crippen LogP contribution in [-0.4, -0.2) is 59.0 Å². The van der Waals surface area contributed by atoms with E-state index in [1.807, 2.05) is 18.2 Å². The third kappa shape index (κ3) is 6.68. The second-order valence-corrected chi connectivity index (χ2v) is 10.7. The van der Waals surface area contributed by atoms with Gasteiger partial charge in [0.15, 0.2) is 0 Å². The molecule has 39 heavy (non-hydrogen) atoms. The lowest BCUT2D eigenvalue weighted by atomic mass is 10.1. The number of alkyl carbamates (subject to hydrolysis) is 1. The van der Waals surface area contributed by atoms with Crippen LogP contribution in [-0.2, 0) is 20.8 Å². The number of amides is 2. The fourth-order valence-electron chi connectivity index (χ4n) is 4.64. The monoisotopic (exact) mass is 533 g/mol. The molecule has 2 aromatic carbocycles. The van der Waals surface area contributed by atoms with E-state index in [-0.39, 0.29) is 6.17 Å². The quantitative estimate of drug-likeness (QED) is 0.308. The van der Waals surface area contributed by atoms with E-state index in [0.717, 1.165) is 44.2 Å². The van der Waals surface area contributed by atoms with Crippen molar-refractivity contribution in [2.24, 2.45) is 0 Å². The topological polar surface area (TPSA) is 133 Å². The van der Waals surface area contributed by atoms with Crippen LogP contribution >= 0.6 is 0 Å². The maximum atomic E-state index is 13.5. The Bertz CT molecular complexity index is 1300. The smallest absolute Gasteiger partial charge is 0.408 e. The van der Waals surface area contributed by atoms with Crippen molar-refractivity contribution in [1.29, 1.82) is 0 Å². The summed E-state index contributed by atoms with van der Waals surface area (Å²) in [7, 11) is 0. The van der Waals surface area contributed by atoms with Gasteiger partial charge in [-0.15, -0.1) is 0 Å². The van der Waals surface area contributed by atoms with Gasteiger partial charge in [-0.25, -0.2) is 4.79 Å². The number of hydrogen-bond donors (Lipinski definition) is 5. The number of aromatic nitrogens is 2. The number of carbonyl (C=O) groups is 2. The molecule has 0 saturated carbocycles. The molecule has 0 radical (unpaired) electrons. The van der Waals surface area contributed by atoms with E-state index in [1.54, 1.807) is 39.1 Å². The van der Waals surface area contributed by atoms with Crippen LogP contribution < -0.4 is 21.3 Å². The van der Waals surface area contributed by atoms with E-state index >= 15 is 0 Å². The lowest BCUT2D eigenvalue weighted by Crippen LogP contribution is -2.40. The molecule has 2 aliphatic heterocycles. The molecule has 5 N–H and O–H groups in total. The van der Waals surface area contributed by atoms with Gasteiger partial charge in [0.2, 0.25) is 0 Å². The van der Waals surface area contributed by atoms with E-state index in [2.05, 4.69) is 54.6 Å². The lowest BCUT2D eigenvalue weighted by molar-refractivity contribution is -0.118. The van der Waals surface area contributed by atoms with Crippen LogP contribution in [0, 0.1) is 0 Å². The van der Waals surface area contributed by atoms with Gasteiger partial charge >= 0.3 is 6.09 Å². The molecule has 1 fully saturated rings. The molecule has 2 atom stereocenters. The Hall–Kier alpha value is -4.09. The number of anilines is 3. The number of aromatic amines is 1. The van der Waals surface area contributed by atoms with Gasteiger partial charge in [-0.05, 0) is 44.0 Å². The Kier molecular flexibility index (Phi) is 7.71. The molecule has 1 saturated heterocycles. The predicted octanol–water partition coefficient (Wildman–Crippen LogP) is 3.98. The van der Waals surface area contributed by atoms with Gasteiger partial charge in [-0.3, -0.25) is 14.8 Å². The number of morpholine rings is 1. The third-order valence-corrected chi connectivity index (χ3v) is 6.47. The van der Waals surface area contributed by atoms with Crippen LogP contribution in [0.1, 0.15) is 49.8 Å². The average Bonchev–Trinajstić information content (AvgIpc) is 3.53. The van der Waals surface area contributed by atoms with E-state index in [4.69, 9.17) is 9.47 Å². The zero-order valence-electron chi connectivity index (χ0n) is 22.4. The molecule has 3 aromatic rings. The molecule has 11 nitrogen and oxygen atoms in total. The summed E-state index contributed by atoms with van der Waals surface area (Å²) in [6.45, 7) is 9.55. The second-order valence-electron chi connectivity index (χ2n) is 10.7. The summed E-state index contributed by atoms with van der Waals surface area (Å²) >= 11 is 0. The molecule has 2 aliphatic rings. The maximum Gasteiger partial charge on any atom is 0.408 e. The fraction of sp³-hybridized carbons (Fsp3) is 0.393. The maximum absolute atomic E-state index is 13.5. The number of hydrogen-bond acceptors (Lipinski definition) is 8. The van der Waals surface area contributed by atoms with Crippen molar-refractivity contribution in [3.05, 3.63) is 71.5 Å². The van der Waals surface area contributed by atoms with Crippen LogP contribution in [0.15, 0.2) is 54.7 Å². The molecule has 0 spiro atoms. The third-order valence-electron chi connectivity index (χ3n) is 6.47. The van der Waals surface area contributed by atoms with Gasteiger partial charge in [0, 0.05) is 19.6 Å². The molecule has 5 rings (SSSR count). The minimum absolute atomic E-state index is 0.328. The van der Waals surface area contributed by atoms with Crippen LogP contribution in [0.3, 0.4) is 0 Å². The first-order chi connectivity index (χ1) is 18.7. The number of fused-ring (bicyclic) bond motifs is 1. The first-order valence-corrected chi connectivity index (χ1v) is 13.1. The molecule has 2 amide bonds. The van der Waals surface area contributed by atoms with Crippen LogP contribution in [0.2, 0.25) is 0 Å². The summed E-state index contributed by atoms with van der Waals surface area (Å²) in [5.41, 5.74) is 4.25. The normalized spacial score (nSPS) is 17.9. The van der Waals surface area contributed by atoms with Crippen molar-refractivity contribution in [3.8, 4) is 0 Å². The van der Waals surface area contributed by atoms with Crippen molar-refractivity contribution < 1.29 is 19.1 Å². The van der Waals surface area contributed by atoms with Crippen molar-refractivity contribution in [1.82, 2.24) is 20.4 Å². The summed E-state index contributed by atoms with van der Waals surface area (Å²) in [5.74, 6) is -0.419. The van der Waals surface area contributed by atoms with Gasteiger partial charge in [-0.1, -0.05) is 36.4 Å². The number of carbonyl (C=O) groups excluding carboxylic acids is 2. The molecular weight excluding hydrogens is 498 g/mol. The number of ether oxygens (including phenoxy) is 2. The summed E-state index contributed by atoms with van der Waals surface area (Å²) in [4.78, 5) is 28.4. The number of nitrogens with zero attached hydrogens (tertiary/aromatic N) is 2. The highest BCUT2D eigenvalue weighted by Crippen LogP contribution is 2.37. The largest absolute Gasteiger partial charge is 0.444 e. The SMILES string of the molecule is CC(C)(C)OC(=O)NC(C(=O)Nc1cn[nH]c1C1Nc2ccc(CN3CCOCC3)cc2N1)c1ccccc1. The summed E-state index contributed by atoms with van der Waals surface area (Å²) < 4.78 is 10.8. The van der Waals surface area contributed by atoms with E-state index in [9.17, 15) is 9.59 Å². The highest BCUT2D eigenvalue weighted by atomic mass is 16.6. The van der Waals surface area contributed by atoms with Crippen molar-refractivity contribution in [2.45, 2.75) is 45.1 Å². The van der Waals surface area contributed by atoms with Crippen LogP contribution in [0.4, 0.5) is 21.9 Å². The molecular formula is C28H35N7O4. The van der Waals surface area contributed by atoms with Gasteiger partial charge in [0.25, 0.3) is 5.91 Å². The molecule has 2 unspecified atom stereocenters. The second kappa shape index (κ2) is 11.3. The molecule has 206 valence electrons. The van der Waals surface area contributed by atoms with E-state index in [0.29, 0.717) is 16.9 Å². The Morgan fingerprint density at radius 2 is 1.85 bits per heavy atom. The number of nitrogens with one attached hydrogen (secondary N) is 5. The molecule has 0 bridgehead atoms. The molecule has 0 aliphatic carbocycles. The van der Waals surface area contributed by atoms with Crippen molar-refractivity contribution >= 4 is 29.1 Å². The zero-order valence-corrected chi connectivity index (χ0v) is 22.4. The Balaban J connectivity index is 1.28.